The van der Waals surface area contributed by atoms with Crippen LogP contribution in [0.4, 0.5) is 0 Å². The second kappa shape index (κ2) is 9.38. The lowest BCUT2D eigenvalue weighted by Gasteiger charge is -2.13. The van der Waals surface area contributed by atoms with Gasteiger partial charge in [0.2, 0.25) is 17.5 Å². The van der Waals surface area contributed by atoms with Crippen molar-refractivity contribution in [2.24, 2.45) is 0 Å². The van der Waals surface area contributed by atoms with E-state index in [0.717, 1.165) is 5.56 Å². The molecule has 9 nitrogen and oxygen atoms in total. The van der Waals surface area contributed by atoms with Crippen LogP contribution in [-0.4, -0.2) is 34.1 Å². The van der Waals surface area contributed by atoms with Crippen molar-refractivity contribution >= 4 is 11.9 Å². The second-order valence-electron chi connectivity index (χ2n) is 7.21. The van der Waals surface area contributed by atoms with Crippen molar-refractivity contribution in [3.63, 3.8) is 0 Å². The van der Waals surface area contributed by atoms with Crippen molar-refractivity contribution in [3.05, 3.63) is 53.7 Å². The van der Waals surface area contributed by atoms with Gasteiger partial charge in [0, 0.05) is 24.8 Å². The number of amides is 1. The lowest BCUT2D eigenvalue weighted by Crippen LogP contribution is -2.28. The number of methoxy groups -OCH3 is 1. The summed E-state index contributed by atoms with van der Waals surface area (Å²) in [6, 6.07) is 8.78. The number of rotatable bonds is 7. The van der Waals surface area contributed by atoms with E-state index in [-0.39, 0.29) is 23.1 Å². The Hall–Kier alpha value is -3.75. The van der Waals surface area contributed by atoms with E-state index >= 15 is 0 Å². The topological polar surface area (TPSA) is 116 Å². The van der Waals surface area contributed by atoms with E-state index in [1.165, 1.54) is 31.9 Å². The third-order valence-corrected chi connectivity index (χ3v) is 4.54. The first-order valence-electron chi connectivity index (χ1n) is 9.76. The molecule has 0 saturated heterocycles. The molecule has 1 atom stereocenters. The summed E-state index contributed by atoms with van der Waals surface area (Å²) in [5, 5.41) is 6.73. The van der Waals surface area contributed by atoms with Crippen molar-refractivity contribution in [1.29, 1.82) is 0 Å². The van der Waals surface area contributed by atoms with Gasteiger partial charge < -0.3 is 19.3 Å². The summed E-state index contributed by atoms with van der Waals surface area (Å²) >= 11 is 0. The van der Waals surface area contributed by atoms with E-state index < -0.39 is 17.9 Å². The highest BCUT2D eigenvalue weighted by Crippen LogP contribution is 2.30. The summed E-state index contributed by atoms with van der Waals surface area (Å²) in [6.07, 6.45) is 1.39. The zero-order valence-electron chi connectivity index (χ0n) is 18.0. The molecular weight excluding hydrogens is 400 g/mol. The molecule has 162 valence electrons. The lowest BCUT2D eigenvalue weighted by molar-refractivity contribution is -0.132. The molecule has 1 N–H and O–H groups in total. The fourth-order valence-electron chi connectivity index (χ4n) is 2.87. The average molecular weight is 424 g/mol. The number of hydrogen-bond donors (Lipinski definition) is 1. The summed E-state index contributed by atoms with van der Waals surface area (Å²) in [5.74, 6) is 0.0561. The maximum atomic E-state index is 12.8. The van der Waals surface area contributed by atoms with Crippen LogP contribution < -0.4 is 14.8 Å². The molecule has 0 unspecified atom stereocenters. The molecule has 0 aliphatic rings. The first kappa shape index (κ1) is 21.9. The van der Waals surface area contributed by atoms with E-state index in [0.29, 0.717) is 11.7 Å². The molecule has 0 radical (unpaired) electrons. The largest absolute Gasteiger partial charge is 0.493 e. The first-order valence-corrected chi connectivity index (χ1v) is 9.76. The highest BCUT2D eigenvalue weighted by Gasteiger charge is 2.24. The predicted molar refractivity (Wildman–Crippen MR) is 112 cm³/mol. The molecule has 0 spiro atoms. The van der Waals surface area contributed by atoms with Crippen LogP contribution in [0.3, 0.4) is 0 Å². The normalized spacial score (nSPS) is 11.8. The van der Waals surface area contributed by atoms with Gasteiger partial charge in [-0.1, -0.05) is 43.3 Å². The number of nitrogens with one attached hydrogen (secondary N) is 1. The zero-order chi connectivity index (χ0) is 22.5. The summed E-state index contributed by atoms with van der Waals surface area (Å²) in [6.45, 7) is 7.17. The Morgan fingerprint density at radius 3 is 2.42 bits per heavy atom. The van der Waals surface area contributed by atoms with Gasteiger partial charge >= 0.3 is 5.97 Å². The van der Waals surface area contributed by atoms with Gasteiger partial charge in [0.05, 0.1) is 7.11 Å². The van der Waals surface area contributed by atoms with Gasteiger partial charge in [0.1, 0.15) is 6.04 Å². The molecule has 2 heterocycles. The maximum absolute atomic E-state index is 12.8. The number of pyridine rings is 1. The molecule has 31 heavy (non-hydrogen) atoms. The van der Waals surface area contributed by atoms with Crippen molar-refractivity contribution in [2.75, 3.05) is 7.11 Å². The molecule has 0 fully saturated rings. The highest BCUT2D eigenvalue weighted by molar-refractivity contribution is 5.96. The van der Waals surface area contributed by atoms with Gasteiger partial charge in [0.25, 0.3) is 5.91 Å². The second-order valence-corrected chi connectivity index (χ2v) is 7.21. The van der Waals surface area contributed by atoms with Crippen molar-refractivity contribution in [1.82, 2.24) is 20.4 Å². The Balaban J connectivity index is 1.77. The Morgan fingerprint density at radius 2 is 1.81 bits per heavy atom. The Bertz CT molecular complexity index is 1080. The summed E-state index contributed by atoms with van der Waals surface area (Å²) < 4.78 is 15.6. The number of carbonyl (C=O) groups excluding carboxylic acids is 2. The average Bonchev–Trinajstić information content (AvgIpc) is 3.24. The SMILES string of the molecule is COc1ccnc(C(=O)N[C@@H](C)c2nc(-c3ccc(C(C)C)cc3)no2)c1OC(C)=O. The molecule has 0 aliphatic carbocycles. The van der Waals surface area contributed by atoms with Crippen LogP contribution in [0, 0.1) is 0 Å². The number of carbonyl (C=O) groups is 2. The Labute approximate surface area is 179 Å². The summed E-state index contributed by atoms with van der Waals surface area (Å²) in [7, 11) is 1.40. The molecule has 0 bridgehead atoms. The smallest absolute Gasteiger partial charge is 0.308 e. The third-order valence-electron chi connectivity index (χ3n) is 4.54. The van der Waals surface area contributed by atoms with E-state index in [2.05, 4.69) is 34.3 Å². The molecule has 2 aromatic heterocycles. The summed E-state index contributed by atoms with van der Waals surface area (Å²) in [5.41, 5.74) is 1.93. The molecule has 3 rings (SSSR count). The number of benzene rings is 1. The Kier molecular flexibility index (Phi) is 6.64. The van der Waals surface area contributed by atoms with E-state index in [9.17, 15) is 9.59 Å². The van der Waals surface area contributed by atoms with Crippen LogP contribution in [0.5, 0.6) is 11.5 Å². The van der Waals surface area contributed by atoms with Gasteiger partial charge in [-0.15, -0.1) is 0 Å². The molecule has 0 aliphatic heterocycles. The van der Waals surface area contributed by atoms with Crippen LogP contribution >= 0.6 is 0 Å². The zero-order valence-corrected chi connectivity index (χ0v) is 18.0. The number of hydrogen-bond acceptors (Lipinski definition) is 8. The fourth-order valence-corrected chi connectivity index (χ4v) is 2.87. The molecule has 0 saturated carbocycles. The molecule has 9 heteroatoms. The Morgan fingerprint density at radius 1 is 1.10 bits per heavy atom. The number of nitrogens with zero attached hydrogens (tertiary/aromatic N) is 3. The van der Waals surface area contributed by atoms with Gasteiger partial charge in [-0.3, -0.25) is 9.59 Å². The van der Waals surface area contributed by atoms with Crippen molar-refractivity contribution in [3.8, 4) is 22.9 Å². The van der Waals surface area contributed by atoms with E-state index in [4.69, 9.17) is 14.0 Å². The number of esters is 1. The predicted octanol–water partition coefficient (Wildman–Crippen LogP) is 3.68. The van der Waals surface area contributed by atoms with Crippen LogP contribution in [0.2, 0.25) is 0 Å². The number of aromatic nitrogens is 3. The molecular formula is C22H24N4O5. The fraction of sp³-hybridized carbons (Fsp3) is 0.318. The monoisotopic (exact) mass is 424 g/mol. The maximum Gasteiger partial charge on any atom is 0.308 e. The quantitative estimate of drug-likeness (QED) is 0.571. The van der Waals surface area contributed by atoms with E-state index in [1.54, 1.807) is 6.92 Å². The summed E-state index contributed by atoms with van der Waals surface area (Å²) in [4.78, 5) is 32.6. The third kappa shape index (κ3) is 5.06. The standard InChI is InChI=1S/C22H24N4O5/c1-12(2)15-6-8-16(9-7-15)20-25-22(31-26-20)13(3)24-21(28)18-19(30-14(4)27)17(29-5)10-11-23-18/h6-13H,1-5H3,(H,24,28)/t13-/m0/s1. The van der Waals surface area contributed by atoms with Gasteiger partial charge in [0.15, 0.2) is 11.4 Å². The van der Waals surface area contributed by atoms with Crippen LogP contribution in [-0.2, 0) is 4.79 Å². The molecule has 3 aromatic rings. The highest BCUT2D eigenvalue weighted by atomic mass is 16.6. The van der Waals surface area contributed by atoms with Gasteiger partial charge in [-0.2, -0.15) is 4.98 Å². The minimum Gasteiger partial charge on any atom is -0.493 e. The minimum absolute atomic E-state index is 0.0568. The van der Waals surface area contributed by atoms with Crippen LogP contribution in [0.15, 0.2) is 41.1 Å². The molecule has 1 amide bonds. The minimum atomic E-state index is -0.609. The number of ether oxygens (including phenoxy) is 2. The van der Waals surface area contributed by atoms with Crippen LogP contribution in [0.25, 0.3) is 11.4 Å². The van der Waals surface area contributed by atoms with Crippen molar-refractivity contribution < 1.29 is 23.6 Å². The van der Waals surface area contributed by atoms with Crippen LogP contribution in [0.1, 0.15) is 61.6 Å². The first-order chi connectivity index (χ1) is 14.8. The van der Waals surface area contributed by atoms with Gasteiger partial charge in [-0.25, -0.2) is 4.98 Å². The molecule has 1 aromatic carbocycles. The van der Waals surface area contributed by atoms with Gasteiger partial charge in [-0.05, 0) is 18.4 Å². The van der Waals surface area contributed by atoms with Crippen molar-refractivity contribution in [2.45, 2.75) is 39.7 Å². The lowest BCUT2D eigenvalue weighted by atomic mass is 10.0. The van der Waals surface area contributed by atoms with E-state index in [1.807, 2.05) is 24.3 Å².